The Morgan fingerprint density at radius 1 is 1.00 bits per heavy atom. The summed E-state index contributed by atoms with van der Waals surface area (Å²) in [5.41, 5.74) is 3.25. The number of aryl methyl sites for hydroxylation is 2. The summed E-state index contributed by atoms with van der Waals surface area (Å²) in [7, 11) is -3.56. The molecule has 0 unspecified atom stereocenters. The van der Waals surface area contributed by atoms with Crippen LogP contribution in [0.3, 0.4) is 0 Å². The Morgan fingerprint density at radius 2 is 1.64 bits per heavy atom. The van der Waals surface area contributed by atoms with Crippen molar-refractivity contribution >= 4 is 50.7 Å². The highest BCUT2D eigenvalue weighted by atomic mass is 35.5. The number of nitrogens with one attached hydrogen (secondary N) is 1. The second-order valence-electron chi connectivity index (χ2n) is 10.6. The largest absolute Gasteiger partial charge is 0.352 e. The molecule has 0 spiro atoms. The van der Waals surface area contributed by atoms with Crippen molar-refractivity contribution in [2.75, 3.05) is 17.1 Å². The van der Waals surface area contributed by atoms with E-state index in [0.717, 1.165) is 42.4 Å². The molecule has 0 bridgehead atoms. The van der Waals surface area contributed by atoms with Crippen LogP contribution in [0.4, 0.5) is 5.69 Å². The maximum absolute atomic E-state index is 13.5. The molecule has 214 valence electrons. The van der Waals surface area contributed by atoms with E-state index in [1.54, 1.807) is 30.0 Å². The van der Waals surface area contributed by atoms with E-state index in [2.05, 4.69) is 5.32 Å². The summed E-state index contributed by atoms with van der Waals surface area (Å²) in [6.07, 6.45) is 6.78. The van der Waals surface area contributed by atoms with Crippen LogP contribution in [-0.2, 0) is 26.2 Å². The molecular weight excluding hydrogens is 557 g/mol. The predicted octanol–water partition coefficient (Wildman–Crippen LogP) is 6.02. The lowest BCUT2D eigenvalue weighted by atomic mass is 9.95. The van der Waals surface area contributed by atoms with Crippen LogP contribution in [0, 0.1) is 13.8 Å². The fraction of sp³-hybridized carbons (Fsp3) is 0.517. The van der Waals surface area contributed by atoms with E-state index in [-0.39, 0.29) is 37.4 Å². The molecule has 2 amide bonds. The molecular formula is C29H39Cl2N3O4S. The monoisotopic (exact) mass is 595 g/mol. The molecule has 0 aliphatic heterocycles. The highest BCUT2D eigenvalue weighted by Gasteiger charge is 2.28. The van der Waals surface area contributed by atoms with E-state index in [9.17, 15) is 18.0 Å². The minimum atomic E-state index is -3.56. The number of carbonyl (C=O) groups excluding carboxylic acids is 2. The molecule has 1 aliphatic rings. The Bertz CT molecular complexity index is 1260. The van der Waals surface area contributed by atoms with Gasteiger partial charge in [-0.15, -0.1) is 0 Å². The van der Waals surface area contributed by atoms with E-state index < -0.39 is 16.1 Å². The quantitative estimate of drug-likeness (QED) is 0.344. The number of rotatable bonds is 11. The van der Waals surface area contributed by atoms with Crippen molar-refractivity contribution in [3.05, 3.63) is 63.1 Å². The molecule has 1 aliphatic carbocycles. The number of hydrogen-bond acceptors (Lipinski definition) is 4. The molecule has 1 atom stereocenters. The molecule has 3 rings (SSSR count). The number of halogens is 2. The number of amides is 2. The summed E-state index contributed by atoms with van der Waals surface area (Å²) in [4.78, 5) is 28.3. The second-order valence-corrected chi connectivity index (χ2v) is 13.3. The van der Waals surface area contributed by atoms with Gasteiger partial charge in [-0.25, -0.2) is 8.42 Å². The molecule has 10 heteroatoms. The van der Waals surface area contributed by atoms with Crippen LogP contribution in [0.2, 0.25) is 10.0 Å². The zero-order chi connectivity index (χ0) is 28.7. The Kier molecular flexibility index (Phi) is 11.1. The van der Waals surface area contributed by atoms with Crippen LogP contribution in [-0.4, -0.2) is 50.0 Å². The van der Waals surface area contributed by atoms with Gasteiger partial charge in [0.05, 0.1) is 22.0 Å². The molecule has 1 saturated carbocycles. The highest BCUT2D eigenvalue weighted by molar-refractivity contribution is 7.92. The van der Waals surface area contributed by atoms with Gasteiger partial charge in [0.15, 0.2) is 0 Å². The van der Waals surface area contributed by atoms with Crippen molar-refractivity contribution in [2.24, 2.45) is 0 Å². The van der Waals surface area contributed by atoms with E-state index >= 15 is 0 Å². The van der Waals surface area contributed by atoms with Crippen molar-refractivity contribution in [1.82, 2.24) is 10.2 Å². The topological polar surface area (TPSA) is 86.8 Å². The summed E-state index contributed by atoms with van der Waals surface area (Å²) >= 11 is 12.3. The van der Waals surface area contributed by atoms with Gasteiger partial charge < -0.3 is 10.2 Å². The fourth-order valence-electron chi connectivity index (χ4n) is 5.08. The van der Waals surface area contributed by atoms with Crippen LogP contribution in [0.5, 0.6) is 0 Å². The average molecular weight is 597 g/mol. The first-order valence-corrected chi connectivity index (χ1v) is 16.1. The van der Waals surface area contributed by atoms with Crippen molar-refractivity contribution in [3.8, 4) is 0 Å². The second kappa shape index (κ2) is 13.9. The minimum absolute atomic E-state index is 0.0825. The van der Waals surface area contributed by atoms with Crippen LogP contribution >= 0.6 is 23.2 Å². The Hall–Kier alpha value is -2.29. The third-order valence-electron chi connectivity index (χ3n) is 7.10. The van der Waals surface area contributed by atoms with Crippen molar-refractivity contribution in [1.29, 1.82) is 0 Å². The van der Waals surface area contributed by atoms with Crippen LogP contribution < -0.4 is 9.62 Å². The first-order chi connectivity index (χ1) is 18.3. The van der Waals surface area contributed by atoms with E-state index in [0.29, 0.717) is 22.2 Å². The lowest BCUT2D eigenvalue weighted by Gasteiger charge is -2.31. The maximum Gasteiger partial charge on any atom is 0.242 e. The maximum atomic E-state index is 13.5. The normalized spacial score (nSPS) is 15.0. The molecule has 7 nitrogen and oxygen atoms in total. The Morgan fingerprint density at radius 3 is 2.23 bits per heavy atom. The molecule has 39 heavy (non-hydrogen) atoms. The van der Waals surface area contributed by atoms with E-state index in [1.165, 1.54) is 17.0 Å². The number of carbonyl (C=O) groups is 2. The molecule has 2 aromatic carbocycles. The first kappa shape index (κ1) is 31.2. The van der Waals surface area contributed by atoms with E-state index in [1.807, 2.05) is 32.0 Å². The predicted molar refractivity (Wildman–Crippen MR) is 159 cm³/mol. The fourth-order valence-corrected chi connectivity index (χ4v) is 6.35. The first-order valence-electron chi connectivity index (χ1n) is 13.4. The van der Waals surface area contributed by atoms with Gasteiger partial charge in [0, 0.05) is 25.6 Å². The number of hydrogen-bond donors (Lipinski definition) is 1. The molecule has 0 heterocycles. The van der Waals surface area contributed by atoms with Crippen molar-refractivity contribution in [3.63, 3.8) is 0 Å². The average Bonchev–Trinajstić information content (AvgIpc) is 2.86. The Labute approximate surface area is 242 Å². The van der Waals surface area contributed by atoms with Gasteiger partial charge in [-0.1, -0.05) is 54.6 Å². The standard InChI is InChI=1S/C29H39Cl2N3O4S/c1-20-15-21(2)17-25(16-20)34(39(4,37)38)14-8-11-28(35)33(19-23-12-13-26(30)27(31)18-23)22(3)29(36)32-24-9-6-5-7-10-24/h12-13,15-18,22,24H,5-11,14,19H2,1-4H3,(H,32,36)/t22-/m1/s1. The molecule has 1 fully saturated rings. The zero-order valence-electron chi connectivity index (χ0n) is 23.2. The summed E-state index contributed by atoms with van der Waals surface area (Å²) in [6.45, 7) is 5.90. The summed E-state index contributed by atoms with van der Waals surface area (Å²) < 4.78 is 26.5. The van der Waals surface area contributed by atoms with Crippen LogP contribution in [0.1, 0.15) is 68.6 Å². The number of nitrogens with zero attached hydrogens (tertiary/aromatic N) is 2. The summed E-state index contributed by atoms with van der Waals surface area (Å²) in [6, 6.07) is 10.2. The number of anilines is 1. The van der Waals surface area contributed by atoms with Crippen LogP contribution in [0.25, 0.3) is 0 Å². The van der Waals surface area contributed by atoms with Gasteiger partial charge in [0.25, 0.3) is 0 Å². The van der Waals surface area contributed by atoms with Gasteiger partial charge >= 0.3 is 0 Å². The SMILES string of the molecule is Cc1cc(C)cc(N(CCCC(=O)N(Cc2ccc(Cl)c(Cl)c2)[C@H](C)C(=O)NC2CCCCC2)S(C)(=O)=O)c1. The molecule has 0 aromatic heterocycles. The van der Waals surface area contributed by atoms with Crippen LogP contribution in [0.15, 0.2) is 36.4 Å². The Balaban J connectivity index is 1.75. The van der Waals surface area contributed by atoms with Gasteiger partial charge in [-0.05, 0) is 81.0 Å². The molecule has 2 aromatic rings. The molecule has 0 radical (unpaired) electrons. The smallest absolute Gasteiger partial charge is 0.242 e. The number of sulfonamides is 1. The third-order valence-corrected chi connectivity index (χ3v) is 9.04. The van der Waals surface area contributed by atoms with Gasteiger partial charge in [-0.3, -0.25) is 13.9 Å². The lowest BCUT2D eigenvalue weighted by molar-refractivity contribution is -0.141. The van der Waals surface area contributed by atoms with Gasteiger partial charge in [-0.2, -0.15) is 0 Å². The summed E-state index contributed by atoms with van der Waals surface area (Å²) in [5.74, 6) is -0.426. The third kappa shape index (κ3) is 9.12. The zero-order valence-corrected chi connectivity index (χ0v) is 25.5. The van der Waals surface area contributed by atoms with Crippen molar-refractivity contribution in [2.45, 2.75) is 84.3 Å². The summed E-state index contributed by atoms with van der Waals surface area (Å²) in [5, 5.41) is 3.90. The molecule has 0 saturated heterocycles. The number of benzene rings is 2. The van der Waals surface area contributed by atoms with Gasteiger partial charge in [0.1, 0.15) is 6.04 Å². The van der Waals surface area contributed by atoms with E-state index in [4.69, 9.17) is 23.2 Å². The molecule has 1 N–H and O–H groups in total. The lowest BCUT2D eigenvalue weighted by Crippen LogP contribution is -2.50. The minimum Gasteiger partial charge on any atom is -0.352 e. The highest BCUT2D eigenvalue weighted by Crippen LogP contribution is 2.25. The van der Waals surface area contributed by atoms with Crippen molar-refractivity contribution < 1.29 is 18.0 Å². The van der Waals surface area contributed by atoms with Gasteiger partial charge in [0.2, 0.25) is 21.8 Å².